The Morgan fingerprint density at radius 3 is 3.00 bits per heavy atom. The Morgan fingerprint density at radius 2 is 2.35 bits per heavy atom. The highest BCUT2D eigenvalue weighted by Gasteiger charge is 2.38. The summed E-state index contributed by atoms with van der Waals surface area (Å²) in [6.45, 7) is 3.10. The van der Waals surface area contributed by atoms with Crippen LogP contribution in [0.3, 0.4) is 0 Å². The molecule has 2 atom stereocenters. The maximum atomic E-state index is 11.5. The first kappa shape index (κ1) is 11.8. The SMILES string of the molecule is CC1CC1C(=O)NCCOc1cccc(N)c1. The van der Waals surface area contributed by atoms with E-state index in [2.05, 4.69) is 12.2 Å². The largest absolute Gasteiger partial charge is 0.492 e. The van der Waals surface area contributed by atoms with Gasteiger partial charge >= 0.3 is 0 Å². The Balaban J connectivity index is 1.64. The van der Waals surface area contributed by atoms with Crippen molar-refractivity contribution in [2.24, 2.45) is 11.8 Å². The van der Waals surface area contributed by atoms with Gasteiger partial charge in [-0.1, -0.05) is 13.0 Å². The van der Waals surface area contributed by atoms with Crippen molar-refractivity contribution in [2.75, 3.05) is 18.9 Å². The van der Waals surface area contributed by atoms with Crippen LogP contribution in [0.25, 0.3) is 0 Å². The van der Waals surface area contributed by atoms with E-state index in [4.69, 9.17) is 10.5 Å². The summed E-state index contributed by atoms with van der Waals surface area (Å²) in [5.74, 6) is 1.65. The fourth-order valence-corrected chi connectivity index (χ4v) is 1.77. The molecule has 0 radical (unpaired) electrons. The Bertz CT molecular complexity index is 406. The van der Waals surface area contributed by atoms with Gasteiger partial charge in [-0.2, -0.15) is 0 Å². The van der Waals surface area contributed by atoms with E-state index < -0.39 is 0 Å². The lowest BCUT2D eigenvalue weighted by atomic mass is 10.3. The number of amides is 1. The second kappa shape index (κ2) is 5.08. The minimum Gasteiger partial charge on any atom is -0.492 e. The highest BCUT2D eigenvalue weighted by atomic mass is 16.5. The van der Waals surface area contributed by atoms with Crippen molar-refractivity contribution in [3.05, 3.63) is 24.3 Å². The standard InChI is InChI=1S/C13H18N2O2/c1-9-7-12(9)13(16)15-5-6-17-11-4-2-3-10(14)8-11/h2-4,8-9,12H,5-7,14H2,1H3,(H,15,16). The van der Waals surface area contributed by atoms with E-state index >= 15 is 0 Å². The van der Waals surface area contributed by atoms with E-state index in [-0.39, 0.29) is 11.8 Å². The van der Waals surface area contributed by atoms with Crippen LogP contribution in [-0.4, -0.2) is 19.1 Å². The molecule has 0 saturated heterocycles. The average Bonchev–Trinajstić information content (AvgIpc) is 3.02. The zero-order valence-electron chi connectivity index (χ0n) is 9.98. The number of nitrogen functional groups attached to an aromatic ring is 1. The van der Waals surface area contributed by atoms with Gasteiger partial charge in [0.05, 0.1) is 6.54 Å². The van der Waals surface area contributed by atoms with Gasteiger partial charge in [0.1, 0.15) is 12.4 Å². The molecule has 17 heavy (non-hydrogen) atoms. The lowest BCUT2D eigenvalue weighted by Gasteiger charge is -2.07. The fourth-order valence-electron chi connectivity index (χ4n) is 1.77. The lowest BCUT2D eigenvalue weighted by molar-refractivity contribution is -0.122. The minimum absolute atomic E-state index is 0.147. The van der Waals surface area contributed by atoms with Crippen LogP contribution in [-0.2, 0) is 4.79 Å². The summed E-state index contributed by atoms with van der Waals surface area (Å²) in [6.07, 6.45) is 1.02. The number of nitrogens with two attached hydrogens (primary N) is 1. The first-order chi connectivity index (χ1) is 8.16. The van der Waals surface area contributed by atoms with Gasteiger partial charge in [-0.3, -0.25) is 4.79 Å². The summed E-state index contributed by atoms with van der Waals surface area (Å²) in [4.78, 5) is 11.5. The van der Waals surface area contributed by atoms with Gasteiger partial charge in [0.15, 0.2) is 0 Å². The molecule has 0 aromatic heterocycles. The molecule has 4 heteroatoms. The zero-order chi connectivity index (χ0) is 12.3. The number of ether oxygens (including phenoxy) is 1. The van der Waals surface area contributed by atoms with Gasteiger partial charge in [0.25, 0.3) is 0 Å². The summed E-state index contributed by atoms with van der Waals surface area (Å²) in [6, 6.07) is 7.27. The topological polar surface area (TPSA) is 64.3 Å². The van der Waals surface area contributed by atoms with E-state index in [1.807, 2.05) is 18.2 Å². The molecule has 0 aliphatic heterocycles. The number of benzene rings is 1. The van der Waals surface area contributed by atoms with Crippen molar-refractivity contribution >= 4 is 11.6 Å². The Morgan fingerprint density at radius 1 is 1.59 bits per heavy atom. The summed E-state index contributed by atoms with van der Waals surface area (Å²) >= 11 is 0. The second-order valence-corrected chi connectivity index (χ2v) is 4.53. The maximum absolute atomic E-state index is 11.5. The first-order valence-corrected chi connectivity index (χ1v) is 5.93. The number of anilines is 1. The Hall–Kier alpha value is -1.71. The molecule has 1 amide bonds. The Kier molecular flexibility index (Phi) is 3.52. The van der Waals surface area contributed by atoms with Crippen LogP contribution < -0.4 is 15.8 Å². The summed E-state index contributed by atoms with van der Waals surface area (Å²) in [5, 5.41) is 2.86. The molecule has 1 aromatic carbocycles. The molecule has 2 rings (SSSR count). The average molecular weight is 234 g/mol. The predicted molar refractivity (Wildman–Crippen MR) is 66.6 cm³/mol. The third-order valence-electron chi connectivity index (χ3n) is 2.97. The van der Waals surface area contributed by atoms with Crippen molar-refractivity contribution in [1.82, 2.24) is 5.32 Å². The first-order valence-electron chi connectivity index (χ1n) is 5.93. The molecule has 0 heterocycles. The highest BCUT2D eigenvalue weighted by molar-refractivity contribution is 5.81. The molecule has 4 nitrogen and oxygen atoms in total. The smallest absolute Gasteiger partial charge is 0.223 e. The van der Waals surface area contributed by atoms with Gasteiger partial charge < -0.3 is 15.8 Å². The number of hydrogen-bond donors (Lipinski definition) is 2. The normalized spacial score (nSPS) is 21.9. The quantitative estimate of drug-likeness (QED) is 0.598. The summed E-state index contributed by atoms with van der Waals surface area (Å²) in [7, 11) is 0. The van der Waals surface area contributed by atoms with Crippen molar-refractivity contribution in [3.63, 3.8) is 0 Å². The monoisotopic (exact) mass is 234 g/mol. The maximum Gasteiger partial charge on any atom is 0.223 e. The highest BCUT2D eigenvalue weighted by Crippen LogP contribution is 2.37. The van der Waals surface area contributed by atoms with Gasteiger partial charge in [-0.15, -0.1) is 0 Å². The Labute approximate surface area is 101 Å². The van der Waals surface area contributed by atoms with Crippen LogP contribution in [0.5, 0.6) is 5.75 Å². The van der Waals surface area contributed by atoms with Crippen molar-refractivity contribution in [1.29, 1.82) is 0 Å². The van der Waals surface area contributed by atoms with E-state index in [1.54, 1.807) is 6.07 Å². The molecular weight excluding hydrogens is 216 g/mol. The van der Waals surface area contributed by atoms with Crippen molar-refractivity contribution in [3.8, 4) is 5.75 Å². The molecule has 2 unspecified atom stereocenters. The molecular formula is C13H18N2O2. The summed E-state index contributed by atoms with van der Waals surface area (Å²) < 4.78 is 5.47. The molecule has 1 saturated carbocycles. The molecule has 3 N–H and O–H groups in total. The van der Waals surface area contributed by atoms with E-state index in [0.717, 1.165) is 12.2 Å². The minimum atomic E-state index is 0.147. The molecule has 1 aliphatic rings. The molecule has 1 aliphatic carbocycles. The van der Waals surface area contributed by atoms with E-state index in [0.29, 0.717) is 24.8 Å². The predicted octanol–water partition coefficient (Wildman–Crippen LogP) is 1.42. The molecule has 92 valence electrons. The molecule has 0 bridgehead atoms. The molecule has 1 aromatic rings. The number of carbonyl (C=O) groups is 1. The third-order valence-corrected chi connectivity index (χ3v) is 2.97. The van der Waals surface area contributed by atoms with Crippen molar-refractivity contribution in [2.45, 2.75) is 13.3 Å². The van der Waals surface area contributed by atoms with E-state index in [1.165, 1.54) is 0 Å². The van der Waals surface area contributed by atoms with Gasteiger partial charge in [-0.05, 0) is 24.5 Å². The van der Waals surface area contributed by atoms with Crippen LogP contribution in [0, 0.1) is 11.8 Å². The molecule has 1 fully saturated rings. The number of rotatable bonds is 5. The fraction of sp³-hybridized carbons (Fsp3) is 0.462. The zero-order valence-corrected chi connectivity index (χ0v) is 9.98. The van der Waals surface area contributed by atoms with Crippen LogP contribution in [0.1, 0.15) is 13.3 Å². The number of carbonyl (C=O) groups excluding carboxylic acids is 1. The lowest BCUT2D eigenvalue weighted by Crippen LogP contribution is -2.29. The van der Waals surface area contributed by atoms with Crippen LogP contribution >= 0.6 is 0 Å². The van der Waals surface area contributed by atoms with Crippen molar-refractivity contribution < 1.29 is 9.53 Å². The van der Waals surface area contributed by atoms with Crippen LogP contribution in [0.4, 0.5) is 5.69 Å². The van der Waals surface area contributed by atoms with Crippen LogP contribution in [0.15, 0.2) is 24.3 Å². The van der Waals surface area contributed by atoms with Gasteiger partial charge in [0.2, 0.25) is 5.91 Å². The van der Waals surface area contributed by atoms with E-state index in [9.17, 15) is 4.79 Å². The van der Waals surface area contributed by atoms with Gasteiger partial charge in [0, 0.05) is 17.7 Å². The van der Waals surface area contributed by atoms with Gasteiger partial charge in [-0.25, -0.2) is 0 Å². The van der Waals surface area contributed by atoms with Crippen LogP contribution in [0.2, 0.25) is 0 Å². The summed E-state index contributed by atoms with van der Waals surface area (Å²) in [5.41, 5.74) is 6.30. The third kappa shape index (κ3) is 3.37. The number of nitrogens with one attached hydrogen (secondary N) is 1. The second-order valence-electron chi connectivity index (χ2n) is 4.53. The number of hydrogen-bond acceptors (Lipinski definition) is 3. The molecule has 0 spiro atoms.